The number of benzene rings is 1. The molecule has 1 fully saturated rings. The molecule has 1 aromatic carbocycles. The molecule has 4 heteroatoms. The van der Waals surface area contributed by atoms with Crippen LogP contribution >= 0.6 is 0 Å². The summed E-state index contributed by atoms with van der Waals surface area (Å²) in [6, 6.07) is 4.22. The third kappa shape index (κ3) is 1.95. The minimum atomic E-state index is -0.798. The van der Waals surface area contributed by atoms with Crippen LogP contribution in [0.5, 0.6) is 0 Å². The average molecular weight is 226 g/mol. The lowest BCUT2D eigenvalue weighted by Crippen LogP contribution is -2.25. The maximum absolute atomic E-state index is 13.2. The quantitative estimate of drug-likeness (QED) is 0.834. The molecular weight excluding hydrogens is 210 g/mol. The van der Waals surface area contributed by atoms with E-state index in [-0.39, 0.29) is 6.04 Å². The molecule has 0 amide bonds. The van der Waals surface area contributed by atoms with Gasteiger partial charge in [0.05, 0.1) is 0 Å². The molecule has 2 atom stereocenters. The van der Waals surface area contributed by atoms with Gasteiger partial charge in [-0.05, 0) is 50.2 Å². The maximum Gasteiger partial charge on any atom is 0.159 e. The van der Waals surface area contributed by atoms with Crippen LogP contribution in [0.3, 0.4) is 0 Å². The highest BCUT2D eigenvalue weighted by molar-refractivity contribution is 5.23. The molecule has 2 N–H and O–H groups in total. The summed E-state index contributed by atoms with van der Waals surface area (Å²) >= 11 is 0. The van der Waals surface area contributed by atoms with Gasteiger partial charge >= 0.3 is 0 Å². The van der Waals surface area contributed by atoms with Gasteiger partial charge in [-0.1, -0.05) is 6.07 Å². The van der Waals surface area contributed by atoms with Gasteiger partial charge in [-0.3, -0.25) is 4.90 Å². The standard InChI is InChI=1S/C12H16F2N2/c1-16-5-4-9(7-15)12(16)8-2-3-10(13)11(14)6-8/h2-3,6,9,12H,4-5,7,15H2,1H3. The van der Waals surface area contributed by atoms with E-state index in [1.165, 1.54) is 12.1 Å². The molecule has 0 aromatic heterocycles. The van der Waals surface area contributed by atoms with Crippen molar-refractivity contribution in [1.82, 2.24) is 4.90 Å². The van der Waals surface area contributed by atoms with Crippen molar-refractivity contribution in [2.45, 2.75) is 12.5 Å². The minimum Gasteiger partial charge on any atom is -0.330 e. The normalized spacial score (nSPS) is 26.2. The van der Waals surface area contributed by atoms with Crippen molar-refractivity contribution >= 4 is 0 Å². The van der Waals surface area contributed by atoms with Crippen molar-refractivity contribution in [2.75, 3.05) is 20.1 Å². The number of likely N-dealkylation sites (tertiary alicyclic amines) is 1. The second kappa shape index (κ2) is 4.47. The lowest BCUT2D eigenvalue weighted by atomic mass is 9.94. The van der Waals surface area contributed by atoms with E-state index in [0.29, 0.717) is 12.5 Å². The first-order chi connectivity index (χ1) is 7.63. The van der Waals surface area contributed by atoms with Gasteiger partial charge in [0.1, 0.15) is 0 Å². The SMILES string of the molecule is CN1CCC(CN)C1c1ccc(F)c(F)c1. The summed E-state index contributed by atoms with van der Waals surface area (Å²) in [5.41, 5.74) is 6.51. The van der Waals surface area contributed by atoms with Crippen molar-refractivity contribution in [2.24, 2.45) is 11.7 Å². The highest BCUT2D eigenvalue weighted by atomic mass is 19.2. The Hall–Kier alpha value is -1.00. The van der Waals surface area contributed by atoms with Gasteiger partial charge in [-0.15, -0.1) is 0 Å². The molecule has 2 unspecified atom stereocenters. The van der Waals surface area contributed by atoms with E-state index in [9.17, 15) is 8.78 Å². The molecular formula is C12H16F2N2. The Kier molecular flexibility index (Phi) is 3.21. The second-order valence-corrected chi connectivity index (χ2v) is 4.38. The summed E-state index contributed by atoms with van der Waals surface area (Å²) in [6.07, 6.45) is 1.01. The van der Waals surface area contributed by atoms with Gasteiger partial charge < -0.3 is 5.73 Å². The Bertz CT molecular complexity index is 381. The lowest BCUT2D eigenvalue weighted by Gasteiger charge is -2.24. The van der Waals surface area contributed by atoms with Crippen LogP contribution in [0.1, 0.15) is 18.0 Å². The van der Waals surface area contributed by atoms with Crippen LogP contribution in [-0.4, -0.2) is 25.0 Å². The van der Waals surface area contributed by atoms with Gasteiger partial charge in [0.15, 0.2) is 11.6 Å². The summed E-state index contributed by atoms with van der Waals surface area (Å²) < 4.78 is 26.0. The summed E-state index contributed by atoms with van der Waals surface area (Å²) in [5, 5.41) is 0. The fourth-order valence-corrected chi connectivity index (χ4v) is 2.50. The van der Waals surface area contributed by atoms with Crippen molar-refractivity contribution in [3.8, 4) is 0 Å². The zero-order valence-electron chi connectivity index (χ0n) is 9.29. The monoisotopic (exact) mass is 226 g/mol. The first-order valence-corrected chi connectivity index (χ1v) is 5.48. The molecule has 1 saturated heterocycles. The van der Waals surface area contributed by atoms with Crippen LogP contribution in [0, 0.1) is 17.6 Å². The number of nitrogens with two attached hydrogens (primary N) is 1. The van der Waals surface area contributed by atoms with Gasteiger partial charge in [-0.2, -0.15) is 0 Å². The Balaban J connectivity index is 2.31. The van der Waals surface area contributed by atoms with E-state index in [1.807, 2.05) is 7.05 Å². The molecule has 1 aliphatic heterocycles. The molecule has 88 valence electrons. The molecule has 1 heterocycles. The largest absolute Gasteiger partial charge is 0.330 e. The maximum atomic E-state index is 13.2. The Morgan fingerprint density at radius 3 is 2.75 bits per heavy atom. The van der Waals surface area contributed by atoms with Gasteiger partial charge in [0, 0.05) is 6.04 Å². The van der Waals surface area contributed by atoms with Crippen LogP contribution in [0.25, 0.3) is 0 Å². The number of hydrogen-bond donors (Lipinski definition) is 1. The zero-order chi connectivity index (χ0) is 11.7. The Morgan fingerprint density at radius 1 is 1.38 bits per heavy atom. The number of nitrogens with zero attached hydrogens (tertiary/aromatic N) is 1. The smallest absolute Gasteiger partial charge is 0.159 e. The molecule has 1 aromatic rings. The van der Waals surface area contributed by atoms with Crippen molar-refractivity contribution in [3.63, 3.8) is 0 Å². The van der Waals surface area contributed by atoms with E-state index >= 15 is 0 Å². The van der Waals surface area contributed by atoms with Gasteiger partial charge in [0.2, 0.25) is 0 Å². The molecule has 0 saturated carbocycles. The van der Waals surface area contributed by atoms with E-state index in [0.717, 1.165) is 18.5 Å². The van der Waals surface area contributed by atoms with Crippen LogP contribution < -0.4 is 5.73 Å². The van der Waals surface area contributed by atoms with Crippen molar-refractivity contribution in [3.05, 3.63) is 35.4 Å². The number of halogens is 2. The summed E-state index contributed by atoms with van der Waals surface area (Å²) in [6.45, 7) is 1.53. The van der Waals surface area contributed by atoms with Crippen LogP contribution in [0.2, 0.25) is 0 Å². The molecule has 1 aliphatic rings. The predicted molar refractivity (Wildman–Crippen MR) is 58.9 cm³/mol. The minimum absolute atomic E-state index is 0.111. The fraction of sp³-hybridized carbons (Fsp3) is 0.500. The van der Waals surface area contributed by atoms with Crippen molar-refractivity contribution < 1.29 is 8.78 Å². The van der Waals surface area contributed by atoms with E-state index in [1.54, 1.807) is 6.07 Å². The first kappa shape index (κ1) is 11.5. The van der Waals surface area contributed by atoms with Gasteiger partial charge in [-0.25, -0.2) is 8.78 Å². The summed E-state index contributed by atoms with van der Waals surface area (Å²) in [7, 11) is 1.99. The highest BCUT2D eigenvalue weighted by Crippen LogP contribution is 2.35. The van der Waals surface area contributed by atoms with Crippen molar-refractivity contribution in [1.29, 1.82) is 0 Å². The topological polar surface area (TPSA) is 29.3 Å². The van der Waals surface area contributed by atoms with E-state index in [4.69, 9.17) is 5.73 Å². The molecule has 16 heavy (non-hydrogen) atoms. The molecule has 0 bridgehead atoms. The van der Waals surface area contributed by atoms with Crippen LogP contribution in [0.4, 0.5) is 8.78 Å². The van der Waals surface area contributed by atoms with E-state index in [2.05, 4.69) is 4.90 Å². The summed E-state index contributed by atoms with van der Waals surface area (Å²) in [5.74, 6) is -1.25. The predicted octanol–water partition coefficient (Wildman–Crippen LogP) is 1.92. The summed E-state index contributed by atoms with van der Waals surface area (Å²) in [4.78, 5) is 2.14. The average Bonchev–Trinajstić information content (AvgIpc) is 2.64. The molecule has 0 aliphatic carbocycles. The fourth-order valence-electron chi connectivity index (χ4n) is 2.50. The Labute approximate surface area is 94.0 Å². The molecule has 0 radical (unpaired) electrons. The molecule has 0 spiro atoms. The zero-order valence-corrected chi connectivity index (χ0v) is 9.29. The third-order valence-corrected chi connectivity index (χ3v) is 3.36. The Morgan fingerprint density at radius 2 is 2.12 bits per heavy atom. The van der Waals surface area contributed by atoms with Crippen LogP contribution in [0.15, 0.2) is 18.2 Å². The molecule has 2 nitrogen and oxygen atoms in total. The third-order valence-electron chi connectivity index (χ3n) is 3.36. The van der Waals surface area contributed by atoms with Crippen LogP contribution in [-0.2, 0) is 0 Å². The molecule has 2 rings (SSSR count). The number of rotatable bonds is 2. The van der Waals surface area contributed by atoms with E-state index < -0.39 is 11.6 Å². The first-order valence-electron chi connectivity index (χ1n) is 5.48. The second-order valence-electron chi connectivity index (χ2n) is 4.38. The lowest BCUT2D eigenvalue weighted by molar-refractivity contribution is 0.278. The highest BCUT2D eigenvalue weighted by Gasteiger charge is 2.32. The number of hydrogen-bond acceptors (Lipinski definition) is 2. The van der Waals surface area contributed by atoms with Gasteiger partial charge in [0.25, 0.3) is 0 Å².